The van der Waals surface area contributed by atoms with Gasteiger partial charge in [0.15, 0.2) is 0 Å². The quantitative estimate of drug-likeness (QED) is 0.283. The van der Waals surface area contributed by atoms with E-state index in [9.17, 15) is 25.0 Å². The van der Waals surface area contributed by atoms with Crippen LogP contribution >= 0.6 is 11.8 Å². The van der Waals surface area contributed by atoms with Gasteiger partial charge in [-0.25, -0.2) is 0 Å². The summed E-state index contributed by atoms with van der Waals surface area (Å²) in [6.45, 7) is 1.72. The molecule has 0 radical (unpaired) electrons. The number of carbonyl (C=O) groups is 2. The van der Waals surface area contributed by atoms with Gasteiger partial charge in [0, 0.05) is 29.2 Å². The monoisotopic (exact) mass is 515 g/mol. The van der Waals surface area contributed by atoms with Gasteiger partial charge in [-0.3, -0.25) is 19.7 Å². The molecule has 11 heteroatoms. The normalized spacial score (nSPS) is 15.0. The summed E-state index contributed by atoms with van der Waals surface area (Å²) in [6.07, 6.45) is 1.47. The molecule has 0 aliphatic carbocycles. The van der Waals surface area contributed by atoms with Gasteiger partial charge in [0.05, 0.1) is 45.1 Å². The predicted octanol–water partition coefficient (Wildman–Crippen LogP) is 4.89. The van der Waals surface area contributed by atoms with Crippen LogP contribution in [0.2, 0.25) is 0 Å². The molecule has 3 N–H and O–H groups in total. The number of thioether (sulfide) groups is 1. The molecule has 2 aromatic carbocycles. The fraction of sp³-hybridized carbons (Fsp3) is 0.115. The van der Waals surface area contributed by atoms with Crippen LogP contribution in [0.4, 0.5) is 17.1 Å². The standard InChI is InChI=1S/C26H21N5O5S/c1-16-23(25(33)30-17-6-3-2-4-7-17)24(21-8-5-13-36-21)20(14-27)26(28-16)37-15-22(32)29-18-9-11-19(12-10-18)31(34)35/h2-13,24,28H,15H2,1H3,(H,29,32)(H,30,33). The second-order valence-corrected chi connectivity index (χ2v) is 8.91. The smallest absolute Gasteiger partial charge is 0.269 e. The summed E-state index contributed by atoms with van der Waals surface area (Å²) in [6, 6.07) is 20.0. The zero-order valence-corrected chi connectivity index (χ0v) is 20.4. The summed E-state index contributed by atoms with van der Waals surface area (Å²) < 4.78 is 5.60. The Morgan fingerprint density at radius 2 is 1.78 bits per heavy atom. The summed E-state index contributed by atoms with van der Waals surface area (Å²) >= 11 is 1.11. The number of amides is 2. The van der Waals surface area contributed by atoms with Crippen LogP contribution < -0.4 is 16.0 Å². The number of dihydropyridines is 1. The Hall–Kier alpha value is -4.82. The molecule has 1 unspecified atom stereocenters. The number of allylic oxidation sites excluding steroid dienone is 2. The molecule has 37 heavy (non-hydrogen) atoms. The lowest BCUT2D eigenvalue weighted by Crippen LogP contribution is -2.31. The third-order valence-corrected chi connectivity index (χ3v) is 6.48. The average Bonchev–Trinajstić information content (AvgIpc) is 3.42. The molecule has 1 aliphatic rings. The Morgan fingerprint density at radius 1 is 1.08 bits per heavy atom. The van der Waals surface area contributed by atoms with Gasteiger partial charge in [-0.2, -0.15) is 5.26 Å². The van der Waals surface area contributed by atoms with Crippen LogP contribution in [0.15, 0.2) is 99.3 Å². The van der Waals surface area contributed by atoms with Gasteiger partial charge in [0.25, 0.3) is 11.6 Å². The molecule has 4 rings (SSSR count). The van der Waals surface area contributed by atoms with E-state index < -0.39 is 10.8 Å². The van der Waals surface area contributed by atoms with E-state index >= 15 is 0 Å². The Labute approximate surface area is 216 Å². The summed E-state index contributed by atoms with van der Waals surface area (Å²) in [5.74, 6) is -1.15. The number of non-ortho nitro benzene ring substituents is 1. The van der Waals surface area contributed by atoms with Gasteiger partial charge in [0.2, 0.25) is 5.91 Å². The van der Waals surface area contributed by atoms with Crippen LogP contribution in [-0.2, 0) is 9.59 Å². The molecule has 2 amide bonds. The molecular formula is C26H21N5O5S. The Balaban J connectivity index is 1.54. The topological polar surface area (TPSA) is 150 Å². The number of benzene rings is 2. The van der Waals surface area contributed by atoms with Crippen molar-refractivity contribution in [2.24, 2.45) is 0 Å². The molecule has 1 aliphatic heterocycles. The predicted molar refractivity (Wildman–Crippen MR) is 139 cm³/mol. The first-order chi connectivity index (χ1) is 17.9. The highest BCUT2D eigenvalue weighted by Crippen LogP contribution is 2.41. The Morgan fingerprint density at radius 3 is 2.41 bits per heavy atom. The first-order valence-electron chi connectivity index (χ1n) is 11.1. The molecule has 0 saturated carbocycles. The van der Waals surface area contributed by atoms with E-state index in [4.69, 9.17) is 4.42 Å². The van der Waals surface area contributed by atoms with Crippen molar-refractivity contribution in [3.63, 3.8) is 0 Å². The van der Waals surface area contributed by atoms with Gasteiger partial charge >= 0.3 is 0 Å². The molecule has 0 spiro atoms. The zero-order chi connectivity index (χ0) is 26.4. The largest absolute Gasteiger partial charge is 0.468 e. The van der Waals surface area contributed by atoms with Gasteiger partial charge in [-0.1, -0.05) is 30.0 Å². The van der Waals surface area contributed by atoms with Crippen molar-refractivity contribution in [1.29, 1.82) is 5.26 Å². The van der Waals surface area contributed by atoms with E-state index in [0.717, 1.165) is 11.8 Å². The molecule has 3 aromatic rings. The van der Waals surface area contributed by atoms with Crippen molar-refractivity contribution in [2.75, 3.05) is 16.4 Å². The second kappa shape index (κ2) is 11.3. The number of hydrogen-bond donors (Lipinski definition) is 3. The number of nitrogens with one attached hydrogen (secondary N) is 3. The minimum atomic E-state index is -0.773. The van der Waals surface area contributed by atoms with E-state index in [0.29, 0.717) is 33.4 Å². The molecule has 0 bridgehead atoms. The van der Waals surface area contributed by atoms with Crippen molar-refractivity contribution in [2.45, 2.75) is 12.8 Å². The third kappa shape index (κ3) is 5.88. The lowest BCUT2D eigenvalue weighted by Gasteiger charge is -2.28. The van der Waals surface area contributed by atoms with Gasteiger partial charge in [0.1, 0.15) is 5.76 Å². The maximum Gasteiger partial charge on any atom is 0.269 e. The van der Waals surface area contributed by atoms with Crippen LogP contribution in [0.3, 0.4) is 0 Å². The highest BCUT2D eigenvalue weighted by Gasteiger charge is 2.36. The fourth-order valence-electron chi connectivity index (χ4n) is 3.79. The first kappa shape index (κ1) is 25.3. The van der Waals surface area contributed by atoms with Gasteiger partial charge in [-0.15, -0.1) is 0 Å². The van der Waals surface area contributed by atoms with Crippen LogP contribution in [0.1, 0.15) is 18.6 Å². The third-order valence-electron chi connectivity index (χ3n) is 5.46. The number of nitrogens with zero attached hydrogens (tertiary/aromatic N) is 2. The average molecular weight is 516 g/mol. The van der Waals surface area contributed by atoms with E-state index in [1.165, 1.54) is 30.5 Å². The number of carbonyl (C=O) groups excluding carboxylic acids is 2. The first-order valence-corrected chi connectivity index (χ1v) is 12.0. The number of nitro benzene ring substituents is 1. The fourth-order valence-corrected chi connectivity index (χ4v) is 4.68. The van der Waals surface area contributed by atoms with Crippen molar-refractivity contribution in [3.8, 4) is 6.07 Å². The number of nitriles is 1. The van der Waals surface area contributed by atoms with Crippen LogP contribution in [0.25, 0.3) is 0 Å². The number of rotatable bonds is 8. The maximum absolute atomic E-state index is 13.3. The summed E-state index contributed by atoms with van der Waals surface area (Å²) in [4.78, 5) is 36.1. The van der Waals surface area contributed by atoms with E-state index in [-0.39, 0.29) is 28.8 Å². The molecule has 1 aromatic heterocycles. The van der Waals surface area contributed by atoms with Crippen LogP contribution in [-0.4, -0.2) is 22.5 Å². The SMILES string of the molecule is CC1=C(C(=O)Nc2ccccc2)C(c2ccco2)C(C#N)=C(SCC(=O)Nc2ccc([N+](=O)[O-])cc2)N1. The van der Waals surface area contributed by atoms with Gasteiger partial charge in [-0.05, 0) is 43.3 Å². The lowest BCUT2D eigenvalue weighted by molar-refractivity contribution is -0.384. The number of furan rings is 1. The zero-order valence-electron chi connectivity index (χ0n) is 19.6. The lowest BCUT2D eigenvalue weighted by atomic mass is 9.85. The highest BCUT2D eigenvalue weighted by molar-refractivity contribution is 8.03. The van der Waals surface area contributed by atoms with Crippen molar-refractivity contribution < 1.29 is 18.9 Å². The van der Waals surface area contributed by atoms with E-state index in [1.807, 2.05) is 6.07 Å². The van der Waals surface area contributed by atoms with E-state index in [2.05, 4.69) is 22.0 Å². The number of nitro groups is 1. The molecule has 2 heterocycles. The summed E-state index contributed by atoms with van der Waals surface area (Å²) in [5.41, 5.74) is 2.03. The van der Waals surface area contributed by atoms with Crippen molar-refractivity contribution >= 4 is 40.6 Å². The Kier molecular flexibility index (Phi) is 7.71. The number of anilines is 2. The van der Waals surface area contributed by atoms with Crippen LogP contribution in [0, 0.1) is 21.4 Å². The van der Waals surface area contributed by atoms with Crippen molar-refractivity contribution in [1.82, 2.24) is 5.32 Å². The van der Waals surface area contributed by atoms with Crippen LogP contribution in [0.5, 0.6) is 0 Å². The summed E-state index contributed by atoms with van der Waals surface area (Å²) in [5, 5.41) is 29.9. The van der Waals surface area contributed by atoms with Gasteiger partial charge < -0.3 is 20.4 Å². The molecule has 186 valence electrons. The second-order valence-electron chi connectivity index (χ2n) is 7.93. The molecule has 0 fully saturated rings. The van der Waals surface area contributed by atoms with Crippen molar-refractivity contribution in [3.05, 3.63) is 111 Å². The minimum absolute atomic E-state index is 0.0474. The van der Waals surface area contributed by atoms with E-state index in [1.54, 1.807) is 43.3 Å². The molecule has 1 atom stereocenters. The minimum Gasteiger partial charge on any atom is -0.468 e. The number of para-hydroxylation sites is 1. The highest BCUT2D eigenvalue weighted by atomic mass is 32.2. The Bertz CT molecular complexity index is 1420. The number of hydrogen-bond acceptors (Lipinski definition) is 8. The maximum atomic E-state index is 13.3. The molecule has 0 saturated heterocycles. The molecular weight excluding hydrogens is 494 g/mol. The molecule has 10 nitrogen and oxygen atoms in total. The summed E-state index contributed by atoms with van der Waals surface area (Å²) in [7, 11) is 0.